The van der Waals surface area contributed by atoms with E-state index in [0.29, 0.717) is 55.2 Å². The SMILES string of the molecule is COC(=O)CCC(=O)N1CCCN(C(=O)c2ccc3oc(C)nc3c2)CC1. The van der Waals surface area contributed by atoms with Crippen LogP contribution >= 0.6 is 0 Å². The lowest BCUT2D eigenvalue weighted by atomic mass is 10.1. The normalized spacial score (nSPS) is 14.9. The highest BCUT2D eigenvalue weighted by Crippen LogP contribution is 2.18. The van der Waals surface area contributed by atoms with E-state index in [1.807, 2.05) is 0 Å². The van der Waals surface area contributed by atoms with E-state index in [2.05, 4.69) is 9.72 Å². The Hall–Kier alpha value is -2.90. The Bertz CT molecular complexity index is 860. The van der Waals surface area contributed by atoms with Gasteiger partial charge in [-0.1, -0.05) is 0 Å². The summed E-state index contributed by atoms with van der Waals surface area (Å²) < 4.78 is 10.0. The molecule has 0 saturated carbocycles. The third-order valence-electron chi connectivity index (χ3n) is 4.65. The summed E-state index contributed by atoms with van der Waals surface area (Å²) in [5.41, 5.74) is 1.87. The standard InChI is InChI=1S/C19H23N3O5/c1-13-20-15-12-14(4-5-16(15)27-13)19(25)22-9-3-8-21(10-11-22)17(23)6-7-18(24)26-2/h4-5,12H,3,6-11H2,1-2H3. The molecule has 2 heterocycles. The van der Waals surface area contributed by atoms with Gasteiger partial charge in [0.15, 0.2) is 11.5 Å². The van der Waals surface area contributed by atoms with Crippen molar-refractivity contribution in [2.24, 2.45) is 0 Å². The van der Waals surface area contributed by atoms with Gasteiger partial charge < -0.3 is 19.0 Å². The van der Waals surface area contributed by atoms with Gasteiger partial charge in [-0.25, -0.2) is 4.98 Å². The molecule has 0 spiro atoms. The van der Waals surface area contributed by atoms with Crippen molar-refractivity contribution in [1.29, 1.82) is 0 Å². The van der Waals surface area contributed by atoms with Crippen molar-refractivity contribution in [3.63, 3.8) is 0 Å². The molecule has 0 atom stereocenters. The number of aromatic nitrogens is 1. The molecular formula is C19H23N3O5. The summed E-state index contributed by atoms with van der Waals surface area (Å²) in [5, 5.41) is 0. The maximum Gasteiger partial charge on any atom is 0.306 e. The van der Waals surface area contributed by atoms with Gasteiger partial charge in [0, 0.05) is 45.1 Å². The van der Waals surface area contributed by atoms with Gasteiger partial charge >= 0.3 is 5.97 Å². The van der Waals surface area contributed by atoms with E-state index in [0.717, 1.165) is 0 Å². The van der Waals surface area contributed by atoms with Crippen molar-refractivity contribution < 1.29 is 23.5 Å². The number of benzene rings is 1. The van der Waals surface area contributed by atoms with Gasteiger partial charge in [-0.15, -0.1) is 0 Å². The molecule has 8 nitrogen and oxygen atoms in total. The predicted molar refractivity (Wildman–Crippen MR) is 97.1 cm³/mol. The topological polar surface area (TPSA) is 93.0 Å². The first-order valence-corrected chi connectivity index (χ1v) is 8.99. The van der Waals surface area contributed by atoms with Crippen LogP contribution in [0.3, 0.4) is 0 Å². The molecule has 1 aromatic heterocycles. The zero-order chi connectivity index (χ0) is 19.4. The fourth-order valence-electron chi connectivity index (χ4n) is 3.20. The van der Waals surface area contributed by atoms with Gasteiger partial charge in [0.25, 0.3) is 5.91 Å². The van der Waals surface area contributed by atoms with Crippen LogP contribution in [-0.4, -0.2) is 65.9 Å². The summed E-state index contributed by atoms with van der Waals surface area (Å²) >= 11 is 0. The molecule has 27 heavy (non-hydrogen) atoms. The number of fused-ring (bicyclic) bond motifs is 1. The van der Waals surface area contributed by atoms with Crippen LogP contribution in [0.4, 0.5) is 0 Å². The summed E-state index contributed by atoms with van der Waals surface area (Å²) in [6.45, 7) is 3.83. The van der Waals surface area contributed by atoms with Gasteiger partial charge in [-0.2, -0.15) is 0 Å². The monoisotopic (exact) mass is 373 g/mol. The Morgan fingerprint density at radius 2 is 1.85 bits per heavy atom. The number of hydrogen-bond acceptors (Lipinski definition) is 6. The number of rotatable bonds is 4. The first kappa shape index (κ1) is 18.9. The molecule has 144 valence electrons. The van der Waals surface area contributed by atoms with E-state index in [1.54, 1.807) is 34.9 Å². The largest absolute Gasteiger partial charge is 0.469 e. The molecule has 2 aromatic rings. The number of aryl methyl sites for hydroxylation is 1. The fraction of sp³-hybridized carbons (Fsp3) is 0.474. The average Bonchev–Trinajstić information content (AvgIpc) is 2.88. The molecule has 0 radical (unpaired) electrons. The maximum atomic E-state index is 12.8. The van der Waals surface area contributed by atoms with Crippen LogP contribution in [0.2, 0.25) is 0 Å². The smallest absolute Gasteiger partial charge is 0.306 e. The second-order valence-corrected chi connectivity index (χ2v) is 6.52. The van der Waals surface area contributed by atoms with Crippen molar-refractivity contribution in [2.75, 3.05) is 33.3 Å². The highest BCUT2D eigenvalue weighted by molar-refractivity contribution is 5.97. The molecule has 0 unspecified atom stereocenters. The first-order valence-electron chi connectivity index (χ1n) is 8.99. The van der Waals surface area contributed by atoms with Gasteiger partial charge in [0.2, 0.25) is 5.91 Å². The van der Waals surface area contributed by atoms with E-state index < -0.39 is 5.97 Å². The Morgan fingerprint density at radius 1 is 1.11 bits per heavy atom. The molecule has 1 aliphatic heterocycles. The predicted octanol–water partition coefficient (Wildman–Crippen LogP) is 1.76. The Kier molecular flexibility index (Phi) is 5.73. The maximum absolute atomic E-state index is 12.8. The molecule has 1 saturated heterocycles. The summed E-state index contributed by atoms with van der Waals surface area (Å²) in [4.78, 5) is 44.0. The van der Waals surface area contributed by atoms with E-state index >= 15 is 0 Å². The van der Waals surface area contributed by atoms with Gasteiger partial charge in [-0.05, 0) is 24.6 Å². The van der Waals surface area contributed by atoms with Crippen LogP contribution in [0, 0.1) is 6.92 Å². The number of nitrogens with zero attached hydrogens (tertiary/aromatic N) is 3. The van der Waals surface area contributed by atoms with Crippen molar-refractivity contribution >= 4 is 28.9 Å². The number of ether oxygens (including phenoxy) is 1. The number of hydrogen-bond donors (Lipinski definition) is 0. The summed E-state index contributed by atoms with van der Waals surface area (Å²) in [6.07, 6.45) is 0.898. The second-order valence-electron chi connectivity index (χ2n) is 6.52. The minimum Gasteiger partial charge on any atom is -0.469 e. The molecule has 0 bridgehead atoms. The molecule has 1 aliphatic rings. The molecule has 3 rings (SSSR count). The Balaban J connectivity index is 1.61. The van der Waals surface area contributed by atoms with E-state index in [1.165, 1.54) is 7.11 Å². The molecule has 0 aliphatic carbocycles. The molecular weight excluding hydrogens is 350 g/mol. The lowest BCUT2D eigenvalue weighted by molar-refractivity contribution is -0.143. The average molecular weight is 373 g/mol. The van der Waals surface area contributed by atoms with E-state index in [9.17, 15) is 14.4 Å². The number of oxazole rings is 1. The van der Waals surface area contributed by atoms with Crippen LogP contribution in [0.15, 0.2) is 22.6 Å². The van der Waals surface area contributed by atoms with Gasteiger partial charge in [-0.3, -0.25) is 14.4 Å². The summed E-state index contributed by atoms with van der Waals surface area (Å²) in [5.74, 6) is -0.00505. The second kappa shape index (κ2) is 8.20. The lowest BCUT2D eigenvalue weighted by Gasteiger charge is -2.22. The molecule has 1 fully saturated rings. The zero-order valence-electron chi connectivity index (χ0n) is 15.6. The van der Waals surface area contributed by atoms with E-state index in [4.69, 9.17) is 4.42 Å². The molecule has 8 heteroatoms. The van der Waals surface area contributed by atoms with Crippen LogP contribution in [0.5, 0.6) is 0 Å². The number of carbonyl (C=O) groups excluding carboxylic acids is 3. The Morgan fingerprint density at radius 3 is 2.63 bits per heavy atom. The van der Waals surface area contributed by atoms with Crippen LogP contribution < -0.4 is 0 Å². The molecule has 1 aromatic carbocycles. The molecule has 2 amide bonds. The van der Waals surface area contributed by atoms with Gasteiger partial charge in [0.1, 0.15) is 5.52 Å². The lowest BCUT2D eigenvalue weighted by Crippen LogP contribution is -2.37. The third kappa shape index (κ3) is 4.45. The number of esters is 1. The van der Waals surface area contributed by atoms with Crippen molar-refractivity contribution in [3.8, 4) is 0 Å². The Labute approximate surface area is 157 Å². The third-order valence-corrected chi connectivity index (χ3v) is 4.65. The zero-order valence-corrected chi connectivity index (χ0v) is 15.6. The highest BCUT2D eigenvalue weighted by atomic mass is 16.5. The van der Waals surface area contributed by atoms with Crippen LogP contribution in [0.1, 0.15) is 35.5 Å². The minimum atomic E-state index is -0.395. The van der Waals surface area contributed by atoms with Crippen molar-refractivity contribution in [3.05, 3.63) is 29.7 Å². The number of carbonyl (C=O) groups is 3. The summed E-state index contributed by atoms with van der Waals surface area (Å²) in [6, 6.07) is 5.22. The van der Waals surface area contributed by atoms with Gasteiger partial charge in [0.05, 0.1) is 13.5 Å². The summed E-state index contributed by atoms with van der Waals surface area (Å²) in [7, 11) is 1.31. The van der Waals surface area contributed by atoms with E-state index in [-0.39, 0.29) is 24.7 Å². The highest BCUT2D eigenvalue weighted by Gasteiger charge is 2.23. The molecule has 0 N–H and O–H groups in total. The first-order chi connectivity index (χ1) is 13.0. The van der Waals surface area contributed by atoms with Crippen molar-refractivity contribution in [1.82, 2.24) is 14.8 Å². The van der Waals surface area contributed by atoms with Crippen molar-refractivity contribution in [2.45, 2.75) is 26.2 Å². The van der Waals surface area contributed by atoms with Crippen LogP contribution in [-0.2, 0) is 14.3 Å². The number of methoxy groups -OCH3 is 1. The number of amides is 2. The van der Waals surface area contributed by atoms with Crippen LogP contribution in [0.25, 0.3) is 11.1 Å². The quantitative estimate of drug-likeness (QED) is 0.758. The fourth-order valence-corrected chi connectivity index (χ4v) is 3.20. The minimum absolute atomic E-state index is 0.0750.